The van der Waals surface area contributed by atoms with E-state index in [0.717, 1.165) is 69.4 Å². The van der Waals surface area contributed by atoms with Crippen LogP contribution in [-0.2, 0) is 11.3 Å². The van der Waals surface area contributed by atoms with Gasteiger partial charge in [-0.25, -0.2) is 9.97 Å². The lowest BCUT2D eigenvalue weighted by Crippen LogP contribution is -2.43. The van der Waals surface area contributed by atoms with Crippen LogP contribution in [0.3, 0.4) is 0 Å². The number of nitrogens with one attached hydrogen (secondary N) is 1. The van der Waals surface area contributed by atoms with Crippen LogP contribution in [0.2, 0.25) is 0 Å². The van der Waals surface area contributed by atoms with Crippen LogP contribution >= 0.6 is 0 Å². The normalized spacial score (nSPS) is 23.5. The molecule has 8 heteroatoms. The molecule has 0 saturated carbocycles. The number of nitrogens with zero attached hydrogens (tertiary/aromatic N) is 6. The summed E-state index contributed by atoms with van der Waals surface area (Å²) >= 11 is 0. The second kappa shape index (κ2) is 9.07. The molecule has 2 aliphatic rings. The molecule has 4 heterocycles. The molecule has 8 nitrogen and oxygen atoms in total. The monoisotopic (exact) mass is 399 g/mol. The maximum atomic E-state index is 6.01. The number of rotatable bonds is 6. The Morgan fingerprint density at radius 3 is 2.79 bits per heavy atom. The van der Waals surface area contributed by atoms with Crippen LogP contribution < -0.4 is 10.2 Å². The second-order valence-electron chi connectivity index (χ2n) is 8.47. The second-order valence-corrected chi connectivity index (χ2v) is 8.47. The SMILES string of the molecule is CCn1cnnc1C1CCN(c2cc(N[C@H]3CCCO[C@@H]3C(C)C)ncn2)CC1. The highest BCUT2D eigenvalue weighted by Gasteiger charge is 2.29. The highest BCUT2D eigenvalue weighted by molar-refractivity contribution is 5.49. The summed E-state index contributed by atoms with van der Waals surface area (Å²) in [6, 6.07) is 2.39. The Morgan fingerprint density at radius 1 is 1.21 bits per heavy atom. The number of aromatic nitrogens is 5. The van der Waals surface area contributed by atoms with E-state index in [1.807, 2.05) is 6.33 Å². The molecule has 0 aromatic carbocycles. The zero-order valence-electron chi connectivity index (χ0n) is 17.8. The Hall–Kier alpha value is -2.22. The summed E-state index contributed by atoms with van der Waals surface area (Å²) in [4.78, 5) is 11.4. The van der Waals surface area contributed by atoms with Crippen LogP contribution in [0.4, 0.5) is 11.6 Å². The maximum Gasteiger partial charge on any atom is 0.136 e. The predicted octanol–water partition coefficient (Wildman–Crippen LogP) is 3.09. The first-order chi connectivity index (χ1) is 14.2. The molecule has 0 unspecified atom stereocenters. The number of anilines is 2. The van der Waals surface area contributed by atoms with Crippen molar-refractivity contribution in [1.29, 1.82) is 0 Å². The third kappa shape index (κ3) is 4.52. The number of piperidine rings is 1. The molecular formula is C21H33N7O. The van der Waals surface area contributed by atoms with E-state index in [1.165, 1.54) is 0 Å². The van der Waals surface area contributed by atoms with E-state index in [0.29, 0.717) is 17.9 Å². The molecule has 0 radical (unpaired) electrons. The lowest BCUT2D eigenvalue weighted by molar-refractivity contribution is -0.0203. The third-order valence-corrected chi connectivity index (χ3v) is 6.18. The molecule has 2 aromatic heterocycles. The van der Waals surface area contributed by atoms with Gasteiger partial charge >= 0.3 is 0 Å². The number of hydrogen-bond donors (Lipinski definition) is 1. The predicted molar refractivity (Wildman–Crippen MR) is 113 cm³/mol. The van der Waals surface area contributed by atoms with Gasteiger partial charge in [-0.1, -0.05) is 13.8 Å². The van der Waals surface area contributed by atoms with Crippen molar-refractivity contribution in [2.75, 3.05) is 29.9 Å². The molecule has 0 amide bonds. The first-order valence-corrected chi connectivity index (χ1v) is 11.0. The van der Waals surface area contributed by atoms with Gasteiger partial charge in [-0.15, -0.1) is 10.2 Å². The van der Waals surface area contributed by atoms with Crippen molar-refractivity contribution in [3.8, 4) is 0 Å². The van der Waals surface area contributed by atoms with Gasteiger partial charge < -0.3 is 19.5 Å². The van der Waals surface area contributed by atoms with Crippen LogP contribution in [-0.4, -0.2) is 56.6 Å². The van der Waals surface area contributed by atoms with Crippen molar-refractivity contribution in [3.63, 3.8) is 0 Å². The fraction of sp³-hybridized carbons (Fsp3) is 0.714. The minimum absolute atomic E-state index is 0.230. The molecule has 29 heavy (non-hydrogen) atoms. The van der Waals surface area contributed by atoms with E-state index in [4.69, 9.17) is 4.74 Å². The van der Waals surface area contributed by atoms with E-state index >= 15 is 0 Å². The van der Waals surface area contributed by atoms with Gasteiger partial charge in [0.1, 0.15) is 30.1 Å². The van der Waals surface area contributed by atoms with Crippen LogP contribution in [0.1, 0.15) is 58.2 Å². The first-order valence-electron chi connectivity index (χ1n) is 11.0. The Balaban J connectivity index is 1.39. The molecule has 2 fully saturated rings. The third-order valence-electron chi connectivity index (χ3n) is 6.18. The van der Waals surface area contributed by atoms with Gasteiger partial charge in [0, 0.05) is 38.2 Å². The number of aryl methyl sites for hydroxylation is 1. The Labute approximate surface area is 173 Å². The van der Waals surface area contributed by atoms with Gasteiger partial charge in [0.05, 0.1) is 12.1 Å². The highest BCUT2D eigenvalue weighted by atomic mass is 16.5. The molecule has 2 atom stereocenters. The van der Waals surface area contributed by atoms with Crippen LogP contribution in [0, 0.1) is 5.92 Å². The molecule has 1 N–H and O–H groups in total. The summed E-state index contributed by atoms with van der Waals surface area (Å²) in [5, 5.41) is 12.1. The van der Waals surface area contributed by atoms with Crippen LogP contribution in [0.15, 0.2) is 18.7 Å². The van der Waals surface area contributed by atoms with E-state index < -0.39 is 0 Å². The first kappa shape index (κ1) is 20.1. The summed E-state index contributed by atoms with van der Waals surface area (Å²) in [5.41, 5.74) is 0. The van der Waals surface area contributed by atoms with Crippen molar-refractivity contribution in [1.82, 2.24) is 24.7 Å². The lowest BCUT2D eigenvalue weighted by Gasteiger charge is -2.35. The van der Waals surface area contributed by atoms with Crippen molar-refractivity contribution < 1.29 is 4.74 Å². The molecule has 158 valence electrons. The van der Waals surface area contributed by atoms with Crippen molar-refractivity contribution in [2.45, 2.75) is 71.1 Å². The van der Waals surface area contributed by atoms with Crippen LogP contribution in [0.25, 0.3) is 0 Å². The largest absolute Gasteiger partial charge is 0.376 e. The van der Waals surface area contributed by atoms with Crippen molar-refractivity contribution in [3.05, 3.63) is 24.5 Å². The van der Waals surface area contributed by atoms with Gasteiger partial charge in [0.15, 0.2) is 0 Å². The summed E-state index contributed by atoms with van der Waals surface area (Å²) in [5.74, 6) is 3.96. The molecular weight excluding hydrogens is 366 g/mol. The zero-order valence-corrected chi connectivity index (χ0v) is 17.8. The van der Waals surface area contributed by atoms with Gasteiger partial charge in [-0.3, -0.25) is 0 Å². The molecule has 0 spiro atoms. The Kier molecular flexibility index (Phi) is 6.28. The molecule has 0 aliphatic carbocycles. The summed E-state index contributed by atoms with van der Waals surface area (Å²) in [7, 11) is 0. The average molecular weight is 400 g/mol. The van der Waals surface area contributed by atoms with E-state index in [-0.39, 0.29) is 6.10 Å². The number of hydrogen-bond acceptors (Lipinski definition) is 7. The summed E-state index contributed by atoms with van der Waals surface area (Å²) < 4.78 is 8.16. The van der Waals surface area contributed by atoms with Crippen LogP contribution in [0.5, 0.6) is 0 Å². The van der Waals surface area contributed by atoms with Gasteiger partial charge in [0.2, 0.25) is 0 Å². The minimum Gasteiger partial charge on any atom is -0.376 e. The van der Waals surface area contributed by atoms with E-state index in [9.17, 15) is 0 Å². The van der Waals surface area contributed by atoms with Gasteiger partial charge in [-0.2, -0.15) is 0 Å². The fourth-order valence-corrected chi connectivity index (χ4v) is 4.59. The Morgan fingerprint density at radius 2 is 2.03 bits per heavy atom. The van der Waals surface area contributed by atoms with E-state index in [2.05, 4.69) is 61.8 Å². The summed E-state index contributed by atoms with van der Waals surface area (Å²) in [6.07, 6.45) is 8.08. The molecule has 2 aliphatic heterocycles. The topological polar surface area (TPSA) is 81.0 Å². The summed E-state index contributed by atoms with van der Waals surface area (Å²) in [6.45, 7) is 10.3. The smallest absolute Gasteiger partial charge is 0.136 e. The molecule has 4 rings (SSSR count). The molecule has 2 aromatic rings. The van der Waals surface area contributed by atoms with E-state index in [1.54, 1.807) is 6.33 Å². The maximum absolute atomic E-state index is 6.01. The van der Waals surface area contributed by atoms with Crippen molar-refractivity contribution in [2.24, 2.45) is 5.92 Å². The fourth-order valence-electron chi connectivity index (χ4n) is 4.59. The van der Waals surface area contributed by atoms with Gasteiger partial charge in [-0.05, 0) is 38.5 Å². The minimum atomic E-state index is 0.230. The molecule has 2 saturated heterocycles. The Bertz CT molecular complexity index is 785. The molecule has 0 bridgehead atoms. The van der Waals surface area contributed by atoms with Crippen molar-refractivity contribution >= 4 is 11.6 Å². The lowest BCUT2D eigenvalue weighted by atomic mass is 9.93. The highest BCUT2D eigenvalue weighted by Crippen LogP contribution is 2.30. The quantitative estimate of drug-likeness (QED) is 0.799. The zero-order chi connectivity index (χ0) is 20.2. The average Bonchev–Trinajstić information content (AvgIpc) is 3.23. The standard InChI is InChI=1S/C21H33N7O/c1-4-27-14-24-26-21(27)16-7-9-28(10-8-16)19-12-18(22-13-23-19)25-17-6-5-11-29-20(17)15(2)3/h12-17,20H,4-11H2,1-3H3,(H,22,23,25)/t17-,20+/m0/s1. The van der Waals surface area contributed by atoms with Gasteiger partial charge in [0.25, 0.3) is 0 Å². The number of ether oxygens (including phenoxy) is 1.